The molecule has 3 atom stereocenters. The zero-order valence-corrected chi connectivity index (χ0v) is 24.7. The van der Waals surface area contributed by atoms with Gasteiger partial charge >= 0.3 is 12.4 Å². The molecule has 2 aliphatic heterocycles. The van der Waals surface area contributed by atoms with Crippen molar-refractivity contribution in [2.24, 2.45) is 0 Å². The number of halogens is 7. The standard InChI is InChI=1S/C30H37F6N3O2.ClH/c1-20(2)38-13-11-37(12-14-38)19-28(40)39-10-9-27(26(18-39)22-7-5-4-6-8-22)41-21(3)23-15-24(29(31,32)33)17-25(16-23)30(34,35)36;/h4-8,15-17,20-21,26-27H,9-14,18-19H2,1-3H3;1H. The average Bonchev–Trinajstić information content (AvgIpc) is 2.92. The van der Waals surface area contributed by atoms with Crippen LogP contribution in [-0.4, -0.2) is 78.6 Å². The van der Waals surface area contributed by atoms with Crippen molar-refractivity contribution >= 4 is 18.3 Å². The third-order valence-corrected chi connectivity index (χ3v) is 8.08. The number of nitrogens with zero attached hydrogens (tertiary/aromatic N) is 3. The molecule has 3 unspecified atom stereocenters. The monoisotopic (exact) mass is 621 g/mol. The second-order valence-electron chi connectivity index (χ2n) is 11.2. The van der Waals surface area contributed by atoms with E-state index in [4.69, 9.17) is 4.74 Å². The molecule has 2 aliphatic rings. The van der Waals surface area contributed by atoms with E-state index in [-0.39, 0.29) is 35.9 Å². The molecule has 0 bridgehead atoms. The Morgan fingerprint density at radius 3 is 1.98 bits per heavy atom. The lowest BCUT2D eigenvalue weighted by molar-refractivity contribution is -0.143. The predicted octanol–water partition coefficient (Wildman–Crippen LogP) is 6.63. The van der Waals surface area contributed by atoms with E-state index in [1.165, 1.54) is 6.92 Å². The first-order valence-electron chi connectivity index (χ1n) is 14.0. The van der Waals surface area contributed by atoms with Crippen molar-refractivity contribution in [1.82, 2.24) is 14.7 Å². The molecule has 1 amide bonds. The van der Waals surface area contributed by atoms with Gasteiger partial charge in [-0.15, -0.1) is 12.4 Å². The molecule has 2 fully saturated rings. The zero-order chi connectivity index (χ0) is 29.9. The number of hydrogen-bond acceptors (Lipinski definition) is 4. The summed E-state index contributed by atoms with van der Waals surface area (Å²) >= 11 is 0. The maximum Gasteiger partial charge on any atom is 0.416 e. The van der Waals surface area contributed by atoms with Gasteiger partial charge in [0.15, 0.2) is 0 Å². The Kier molecular flexibility index (Phi) is 11.4. The molecule has 234 valence electrons. The highest BCUT2D eigenvalue weighted by Crippen LogP contribution is 2.39. The molecule has 2 aromatic rings. The van der Waals surface area contributed by atoms with Crippen molar-refractivity contribution in [3.05, 3.63) is 70.8 Å². The van der Waals surface area contributed by atoms with Crippen LogP contribution in [0.15, 0.2) is 48.5 Å². The van der Waals surface area contributed by atoms with Gasteiger partial charge in [0, 0.05) is 51.2 Å². The van der Waals surface area contributed by atoms with Crippen molar-refractivity contribution < 1.29 is 35.9 Å². The average molecular weight is 622 g/mol. The summed E-state index contributed by atoms with van der Waals surface area (Å²) in [6.45, 7) is 10.2. The Morgan fingerprint density at radius 2 is 1.45 bits per heavy atom. The van der Waals surface area contributed by atoms with Crippen LogP contribution in [0.2, 0.25) is 0 Å². The Labute approximate surface area is 249 Å². The topological polar surface area (TPSA) is 36.0 Å². The molecule has 2 saturated heterocycles. The van der Waals surface area contributed by atoms with Gasteiger partial charge in [-0.25, -0.2) is 0 Å². The third kappa shape index (κ3) is 8.61. The molecule has 0 spiro atoms. The van der Waals surface area contributed by atoms with E-state index in [9.17, 15) is 31.1 Å². The van der Waals surface area contributed by atoms with Crippen LogP contribution in [0.1, 0.15) is 61.5 Å². The van der Waals surface area contributed by atoms with Crippen LogP contribution in [0.3, 0.4) is 0 Å². The number of likely N-dealkylation sites (tertiary alicyclic amines) is 1. The highest BCUT2D eigenvalue weighted by Gasteiger charge is 2.39. The molecule has 5 nitrogen and oxygen atoms in total. The van der Waals surface area contributed by atoms with Crippen LogP contribution >= 0.6 is 12.4 Å². The second kappa shape index (κ2) is 14.0. The molecule has 12 heteroatoms. The fourth-order valence-corrected chi connectivity index (χ4v) is 5.62. The fraction of sp³-hybridized carbons (Fsp3) is 0.567. The number of carbonyl (C=O) groups is 1. The lowest BCUT2D eigenvalue weighted by atomic mass is 9.87. The Bertz CT molecular complexity index is 1140. The van der Waals surface area contributed by atoms with E-state index in [2.05, 4.69) is 23.6 Å². The van der Waals surface area contributed by atoms with Gasteiger partial charge < -0.3 is 9.64 Å². The number of rotatable bonds is 7. The number of ether oxygens (including phenoxy) is 1. The normalized spacial score (nSPS) is 21.7. The molecule has 0 aliphatic carbocycles. The summed E-state index contributed by atoms with van der Waals surface area (Å²) in [4.78, 5) is 19.6. The molecule has 0 N–H and O–H groups in total. The fourth-order valence-electron chi connectivity index (χ4n) is 5.62. The molecule has 2 heterocycles. The van der Waals surface area contributed by atoms with Crippen molar-refractivity contribution in [1.29, 1.82) is 0 Å². The van der Waals surface area contributed by atoms with E-state index in [1.54, 1.807) is 4.90 Å². The zero-order valence-electron chi connectivity index (χ0n) is 23.9. The van der Waals surface area contributed by atoms with Crippen molar-refractivity contribution in [3.63, 3.8) is 0 Å². The van der Waals surface area contributed by atoms with Crippen molar-refractivity contribution in [2.75, 3.05) is 45.8 Å². The van der Waals surface area contributed by atoms with Crippen LogP contribution in [-0.2, 0) is 21.9 Å². The molecule has 4 rings (SSSR count). The summed E-state index contributed by atoms with van der Waals surface area (Å²) in [5.74, 6) is -0.287. The maximum atomic E-state index is 13.4. The lowest BCUT2D eigenvalue weighted by Gasteiger charge is -2.41. The SMILES string of the molecule is CC(OC1CCN(C(=O)CN2CCN(C(C)C)CC2)CC1c1ccccc1)c1cc(C(F)(F)F)cc(C(F)(F)F)c1.Cl. The number of benzene rings is 2. The Balaban J connectivity index is 0.00000484. The summed E-state index contributed by atoms with van der Waals surface area (Å²) in [7, 11) is 0. The minimum absolute atomic E-state index is 0. The molecule has 0 aromatic heterocycles. The molecular weight excluding hydrogens is 584 g/mol. The summed E-state index contributed by atoms with van der Waals surface area (Å²) < 4.78 is 86.8. The molecule has 2 aromatic carbocycles. The summed E-state index contributed by atoms with van der Waals surface area (Å²) in [6, 6.07) is 11.4. The van der Waals surface area contributed by atoms with Crippen LogP contribution in [0.4, 0.5) is 26.3 Å². The van der Waals surface area contributed by atoms with Gasteiger partial charge in [-0.2, -0.15) is 26.3 Å². The van der Waals surface area contributed by atoms with Gasteiger partial charge in [-0.05, 0) is 56.5 Å². The largest absolute Gasteiger partial charge is 0.416 e. The minimum atomic E-state index is -4.94. The van der Waals surface area contributed by atoms with E-state index in [0.29, 0.717) is 32.1 Å². The summed E-state index contributed by atoms with van der Waals surface area (Å²) in [5, 5.41) is 0. The first-order valence-corrected chi connectivity index (χ1v) is 14.0. The summed E-state index contributed by atoms with van der Waals surface area (Å²) in [6.07, 6.45) is -11.0. The molecule has 0 saturated carbocycles. The van der Waals surface area contributed by atoms with Gasteiger partial charge in [0.1, 0.15) is 0 Å². The van der Waals surface area contributed by atoms with E-state index in [0.717, 1.165) is 43.9 Å². The maximum absolute atomic E-state index is 13.4. The van der Waals surface area contributed by atoms with Crippen molar-refractivity contribution in [3.8, 4) is 0 Å². The minimum Gasteiger partial charge on any atom is -0.370 e. The molecule has 42 heavy (non-hydrogen) atoms. The van der Waals surface area contributed by atoms with Crippen LogP contribution in [0, 0.1) is 0 Å². The quantitative estimate of drug-likeness (QED) is 0.325. The van der Waals surface area contributed by atoms with Gasteiger partial charge in [-0.1, -0.05) is 30.3 Å². The van der Waals surface area contributed by atoms with E-state index >= 15 is 0 Å². The van der Waals surface area contributed by atoms with Crippen LogP contribution in [0.5, 0.6) is 0 Å². The van der Waals surface area contributed by atoms with Gasteiger partial charge in [0.05, 0.1) is 29.9 Å². The van der Waals surface area contributed by atoms with E-state index < -0.39 is 35.7 Å². The number of amides is 1. The number of carbonyl (C=O) groups excluding carboxylic acids is 1. The summed E-state index contributed by atoms with van der Waals surface area (Å²) in [5.41, 5.74) is -2.04. The number of piperazine rings is 1. The van der Waals surface area contributed by atoms with Crippen LogP contribution in [0.25, 0.3) is 0 Å². The third-order valence-electron chi connectivity index (χ3n) is 8.08. The first kappa shape index (κ1) is 34.2. The smallest absolute Gasteiger partial charge is 0.370 e. The van der Waals surface area contributed by atoms with Gasteiger partial charge in [0.2, 0.25) is 5.91 Å². The second-order valence-corrected chi connectivity index (χ2v) is 11.2. The number of alkyl halides is 6. The predicted molar refractivity (Wildman–Crippen MR) is 151 cm³/mol. The molecular formula is C30H38ClF6N3O2. The Hall–Kier alpha value is -2.34. The van der Waals surface area contributed by atoms with Gasteiger partial charge in [-0.3, -0.25) is 14.6 Å². The van der Waals surface area contributed by atoms with E-state index in [1.807, 2.05) is 30.3 Å². The molecule has 0 radical (unpaired) electrons. The van der Waals surface area contributed by atoms with Crippen LogP contribution < -0.4 is 0 Å². The first-order chi connectivity index (χ1) is 19.2. The highest BCUT2D eigenvalue weighted by atomic mass is 35.5. The van der Waals surface area contributed by atoms with Gasteiger partial charge in [0.25, 0.3) is 0 Å². The lowest BCUT2D eigenvalue weighted by Crippen LogP contribution is -2.53. The highest BCUT2D eigenvalue weighted by molar-refractivity contribution is 5.85. The Morgan fingerprint density at radius 1 is 0.881 bits per heavy atom. The number of piperidine rings is 1. The van der Waals surface area contributed by atoms with Crippen molar-refractivity contribution in [2.45, 2.75) is 63.7 Å². The number of hydrogen-bond donors (Lipinski definition) is 0.